The Morgan fingerprint density at radius 3 is 3.21 bits per heavy atom. The summed E-state index contributed by atoms with van der Waals surface area (Å²) in [6, 6.07) is 3.96. The normalized spacial score (nSPS) is 27.9. The Labute approximate surface area is 112 Å². The molecule has 0 aromatic carbocycles. The predicted octanol–water partition coefficient (Wildman–Crippen LogP) is 0.850. The Bertz CT molecular complexity index is 489. The average Bonchev–Trinajstić information content (AvgIpc) is 2.81. The zero-order valence-corrected chi connectivity index (χ0v) is 11.0. The van der Waals surface area contributed by atoms with Crippen molar-refractivity contribution in [1.82, 2.24) is 10.3 Å². The van der Waals surface area contributed by atoms with Crippen molar-refractivity contribution in [1.29, 1.82) is 0 Å². The SMILES string of the molecule is C[C@H](O)c1ccnc(N2CCCC3C(=O)NCC32)c1. The third-order valence-electron chi connectivity index (χ3n) is 4.15. The minimum atomic E-state index is -0.495. The molecule has 5 nitrogen and oxygen atoms in total. The summed E-state index contributed by atoms with van der Waals surface area (Å²) in [6.45, 7) is 3.37. The van der Waals surface area contributed by atoms with Crippen molar-refractivity contribution in [2.24, 2.45) is 5.92 Å². The van der Waals surface area contributed by atoms with Crippen LogP contribution in [0, 0.1) is 5.92 Å². The minimum Gasteiger partial charge on any atom is -0.389 e. The van der Waals surface area contributed by atoms with Gasteiger partial charge in [-0.25, -0.2) is 4.98 Å². The molecule has 2 fully saturated rings. The van der Waals surface area contributed by atoms with Crippen molar-refractivity contribution in [2.45, 2.75) is 31.9 Å². The number of amides is 1. The number of hydrogen-bond acceptors (Lipinski definition) is 4. The van der Waals surface area contributed by atoms with Gasteiger partial charge in [-0.05, 0) is 37.5 Å². The molecule has 3 heterocycles. The maximum absolute atomic E-state index is 11.8. The molecule has 0 bridgehead atoms. The molecule has 0 spiro atoms. The maximum Gasteiger partial charge on any atom is 0.225 e. The second-order valence-corrected chi connectivity index (χ2v) is 5.38. The number of anilines is 1. The van der Waals surface area contributed by atoms with Gasteiger partial charge < -0.3 is 15.3 Å². The van der Waals surface area contributed by atoms with Gasteiger partial charge in [0, 0.05) is 19.3 Å². The quantitative estimate of drug-likeness (QED) is 0.828. The van der Waals surface area contributed by atoms with E-state index in [2.05, 4.69) is 15.2 Å². The van der Waals surface area contributed by atoms with Gasteiger partial charge in [0.05, 0.1) is 18.1 Å². The highest BCUT2D eigenvalue weighted by atomic mass is 16.3. The summed E-state index contributed by atoms with van der Waals surface area (Å²) >= 11 is 0. The van der Waals surface area contributed by atoms with Gasteiger partial charge in [-0.1, -0.05) is 0 Å². The zero-order chi connectivity index (χ0) is 13.4. The number of hydrogen-bond donors (Lipinski definition) is 2. The van der Waals surface area contributed by atoms with E-state index in [-0.39, 0.29) is 17.9 Å². The number of carbonyl (C=O) groups excluding carboxylic acids is 1. The lowest BCUT2D eigenvalue weighted by atomic mass is 9.91. The van der Waals surface area contributed by atoms with E-state index in [4.69, 9.17) is 0 Å². The molecule has 1 amide bonds. The van der Waals surface area contributed by atoms with Crippen LogP contribution in [0.4, 0.5) is 5.82 Å². The lowest BCUT2D eigenvalue weighted by Gasteiger charge is -2.37. The predicted molar refractivity (Wildman–Crippen MR) is 71.7 cm³/mol. The summed E-state index contributed by atoms with van der Waals surface area (Å²) in [5, 5.41) is 12.6. The highest BCUT2D eigenvalue weighted by Gasteiger charge is 2.41. The van der Waals surface area contributed by atoms with Crippen LogP contribution in [-0.2, 0) is 4.79 Å². The Morgan fingerprint density at radius 1 is 1.58 bits per heavy atom. The molecule has 19 heavy (non-hydrogen) atoms. The van der Waals surface area contributed by atoms with Gasteiger partial charge in [0.1, 0.15) is 5.82 Å². The van der Waals surface area contributed by atoms with Gasteiger partial charge >= 0.3 is 0 Å². The number of fused-ring (bicyclic) bond motifs is 1. The fourth-order valence-corrected chi connectivity index (χ4v) is 3.09. The Morgan fingerprint density at radius 2 is 2.42 bits per heavy atom. The monoisotopic (exact) mass is 261 g/mol. The van der Waals surface area contributed by atoms with Crippen LogP contribution in [0.15, 0.2) is 18.3 Å². The third-order valence-corrected chi connectivity index (χ3v) is 4.15. The number of carbonyl (C=O) groups is 1. The molecule has 2 N–H and O–H groups in total. The number of aliphatic hydroxyl groups excluding tert-OH is 1. The number of nitrogens with zero attached hydrogens (tertiary/aromatic N) is 2. The van der Waals surface area contributed by atoms with Crippen molar-refractivity contribution in [3.05, 3.63) is 23.9 Å². The number of piperidine rings is 1. The van der Waals surface area contributed by atoms with E-state index in [9.17, 15) is 9.90 Å². The molecule has 2 aliphatic heterocycles. The van der Waals surface area contributed by atoms with Crippen LogP contribution >= 0.6 is 0 Å². The molecule has 2 unspecified atom stereocenters. The van der Waals surface area contributed by atoms with Crippen LogP contribution in [-0.4, -0.2) is 35.1 Å². The molecule has 102 valence electrons. The fraction of sp³-hybridized carbons (Fsp3) is 0.571. The summed E-state index contributed by atoms with van der Waals surface area (Å²) in [5.41, 5.74) is 0.865. The summed E-state index contributed by atoms with van der Waals surface area (Å²) in [6.07, 6.45) is 3.20. The average molecular weight is 261 g/mol. The first-order valence-electron chi connectivity index (χ1n) is 6.85. The highest BCUT2D eigenvalue weighted by molar-refractivity contribution is 5.83. The minimum absolute atomic E-state index is 0.0887. The Kier molecular flexibility index (Phi) is 3.14. The third kappa shape index (κ3) is 2.18. The van der Waals surface area contributed by atoms with E-state index in [1.807, 2.05) is 12.1 Å². The van der Waals surface area contributed by atoms with Crippen molar-refractivity contribution in [2.75, 3.05) is 18.0 Å². The van der Waals surface area contributed by atoms with E-state index in [0.29, 0.717) is 6.54 Å². The molecule has 3 rings (SSSR count). The molecule has 5 heteroatoms. The van der Waals surface area contributed by atoms with Crippen LogP contribution in [0.25, 0.3) is 0 Å². The largest absolute Gasteiger partial charge is 0.389 e. The molecule has 0 aliphatic carbocycles. The van der Waals surface area contributed by atoms with Gasteiger partial charge in [0.15, 0.2) is 0 Å². The Hall–Kier alpha value is -1.62. The molecule has 2 saturated heterocycles. The second kappa shape index (κ2) is 4.81. The van der Waals surface area contributed by atoms with Gasteiger partial charge in [0.2, 0.25) is 5.91 Å². The van der Waals surface area contributed by atoms with E-state index in [1.54, 1.807) is 13.1 Å². The fourth-order valence-electron chi connectivity index (χ4n) is 3.09. The molecule has 1 aromatic heterocycles. The standard InChI is InChI=1S/C14H19N3O2/c1-9(18)10-4-5-15-13(7-10)17-6-2-3-11-12(17)8-16-14(11)19/h4-5,7,9,11-12,18H,2-3,6,8H2,1H3,(H,16,19)/t9-,11?,12?/m0/s1. The highest BCUT2D eigenvalue weighted by Crippen LogP contribution is 2.31. The van der Waals surface area contributed by atoms with Crippen molar-refractivity contribution < 1.29 is 9.90 Å². The smallest absolute Gasteiger partial charge is 0.225 e. The summed E-state index contributed by atoms with van der Waals surface area (Å²) < 4.78 is 0. The van der Waals surface area contributed by atoms with E-state index in [1.165, 1.54) is 0 Å². The van der Waals surface area contributed by atoms with Crippen molar-refractivity contribution in [3.63, 3.8) is 0 Å². The number of rotatable bonds is 2. The summed E-state index contributed by atoms with van der Waals surface area (Å²) in [5.74, 6) is 1.12. The second-order valence-electron chi connectivity index (χ2n) is 5.38. The summed E-state index contributed by atoms with van der Waals surface area (Å²) in [7, 11) is 0. The lowest BCUT2D eigenvalue weighted by molar-refractivity contribution is -0.122. The summed E-state index contributed by atoms with van der Waals surface area (Å²) in [4.78, 5) is 18.4. The van der Waals surface area contributed by atoms with Crippen LogP contribution in [0.1, 0.15) is 31.4 Å². The first-order valence-corrected chi connectivity index (χ1v) is 6.85. The first kappa shape index (κ1) is 12.4. The van der Waals surface area contributed by atoms with Crippen molar-refractivity contribution >= 4 is 11.7 Å². The Balaban J connectivity index is 1.88. The van der Waals surface area contributed by atoms with Crippen LogP contribution in [0.2, 0.25) is 0 Å². The molecular weight excluding hydrogens is 242 g/mol. The zero-order valence-electron chi connectivity index (χ0n) is 11.0. The molecule has 1 aromatic rings. The van der Waals surface area contributed by atoms with E-state index < -0.39 is 6.10 Å². The molecule has 0 saturated carbocycles. The van der Waals surface area contributed by atoms with Gasteiger partial charge in [-0.3, -0.25) is 4.79 Å². The van der Waals surface area contributed by atoms with Crippen LogP contribution in [0.3, 0.4) is 0 Å². The number of aliphatic hydroxyl groups is 1. The molecule has 0 radical (unpaired) electrons. The van der Waals surface area contributed by atoms with Crippen molar-refractivity contribution in [3.8, 4) is 0 Å². The maximum atomic E-state index is 11.8. The topological polar surface area (TPSA) is 65.5 Å². The van der Waals surface area contributed by atoms with Crippen LogP contribution < -0.4 is 10.2 Å². The lowest BCUT2D eigenvalue weighted by Crippen LogP contribution is -2.46. The molecule has 3 atom stereocenters. The van der Waals surface area contributed by atoms with E-state index in [0.717, 1.165) is 30.8 Å². The van der Waals surface area contributed by atoms with Gasteiger partial charge in [0.25, 0.3) is 0 Å². The number of aromatic nitrogens is 1. The number of pyridine rings is 1. The van der Waals surface area contributed by atoms with Gasteiger partial charge in [-0.15, -0.1) is 0 Å². The molecule has 2 aliphatic rings. The molecular formula is C14H19N3O2. The van der Waals surface area contributed by atoms with Crippen LogP contribution in [0.5, 0.6) is 0 Å². The van der Waals surface area contributed by atoms with E-state index >= 15 is 0 Å². The van der Waals surface area contributed by atoms with Gasteiger partial charge in [-0.2, -0.15) is 0 Å². The first-order chi connectivity index (χ1) is 9.16. The number of nitrogens with one attached hydrogen (secondary N) is 1.